The first-order valence-electron chi connectivity index (χ1n) is 6.84. The number of aryl methyl sites for hydroxylation is 1. The number of rotatable bonds is 7. The van der Waals surface area contributed by atoms with Crippen LogP contribution in [0.1, 0.15) is 25.1 Å². The number of nitrogens with zero attached hydrogens (tertiary/aromatic N) is 2. The topological polar surface area (TPSA) is 102 Å². The van der Waals surface area contributed by atoms with E-state index in [-0.39, 0.29) is 12.4 Å². The molecule has 2 aromatic rings. The SMILES string of the molecule is CCOC(=O)CCNc1nc(NN)nc2sc(CC)cc12. The second-order valence-electron chi connectivity index (χ2n) is 4.31. The molecule has 21 heavy (non-hydrogen) atoms. The van der Waals surface area contributed by atoms with Crippen molar-refractivity contribution in [2.75, 3.05) is 23.9 Å². The van der Waals surface area contributed by atoms with E-state index >= 15 is 0 Å². The number of nitrogens with one attached hydrogen (secondary N) is 2. The van der Waals surface area contributed by atoms with Crippen LogP contribution in [0.4, 0.5) is 11.8 Å². The Morgan fingerprint density at radius 3 is 2.90 bits per heavy atom. The van der Waals surface area contributed by atoms with E-state index in [2.05, 4.69) is 33.7 Å². The van der Waals surface area contributed by atoms with Crippen LogP contribution in [-0.2, 0) is 16.0 Å². The fourth-order valence-electron chi connectivity index (χ4n) is 1.86. The van der Waals surface area contributed by atoms with E-state index < -0.39 is 0 Å². The molecular formula is C13H19N5O2S. The van der Waals surface area contributed by atoms with E-state index in [0.717, 1.165) is 16.6 Å². The quantitative estimate of drug-likeness (QED) is 0.408. The lowest BCUT2D eigenvalue weighted by atomic mass is 10.3. The van der Waals surface area contributed by atoms with E-state index in [1.165, 1.54) is 4.88 Å². The minimum Gasteiger partial charge on any atom is -0.466 e. The average molecular weight is 309 g/mol. The molecule has 0 aliphatic carbocycles. The van der Waals surface area contributed by atoms with E-state index in [1.54, 1.807) is 18.3 Å². The van der Waals surface area contributed by atoms with Gasteiger partial charge < -0.3 is 10.1 Å². The lowest BCUT2D eigenvalue weighted by Gasteiger charge is -2.08. The lowest BCUT2D eigenvalue weighted by molar-refractivity contribution is -0.142. The van der Waals surface area contributed by atoms with Crippen molar-refractivity contribution in [3.05, 3.63) is 10.9 Å². The van der Waals surface area contributed by atoms with Crippen molar-refractivity contribution in [3.63, 3.8) is 0 Å². The van der Waals surface area contributed by atoms with E-state index in [9.17, 15) is 4.79 Å². The second kappa shape index (κ2) is 7.19. The molecular weight excluding hydrogens is 290 g/mol. The van der Waals surface area contributed by atoms with Crippen LogP contribution in [0.3, 0.4) is 0 Å². The van der Waals surface area contributed by atoms with E-state index in [1.807, 2.05) is 0 Å². The van der Waals surface area contributed by atoms with Crippen molar-refractivity contribution < 1.29 is 9.53 Å². The standard InChI is InChI=1S/C13H19N5O2S/c1-3-8-7-9-11(15-6-5-10(19)20-4-2)16-13(18-14)17-12(9)21-8/h7H,3-6,14H2,1-2H3,(H2,15,16,17,18). The molecule has 0 unspecified atom stereocenters. The van der Waals surface area contributed by atoms with Gasteiger partial charge in [0.05, 0.1) is 18.4 Å². The summed E-state index contributed by atoms with van der Waals surface area (Å²) in [4.78, 5) is 22.1. The number of carbonyl (C=O) groups is 1. The molecule has 0 bridgehead atoms. The average Bonchev–Trinajstić information content (AvgIpc) is 2.90. The van der Waals surface area contributed by atoms with Crippen molar-refractivity contribution in [3.8, 4) is 0 Å². The maximum Gasteiger partial charge on any atom is 0.307 e. The number of aromatic nitrogens is 2. The van der Waals surface area contributed by atoms with Crippen LogP contribution in [0.2, 0.25) is 0 Å². The normalized spacial score (nSPS) is 10.6. The Kier molecular flexibility index (Phi) is 5.29. The molecule has 0 radical (unpaired) electrons. The predicted molar refractivity (Wildman–Crippen MR) is 84.3 cm³/mol. The molecule has 8 heteroatoms. The summed E-state index contributed by atoms with van der Waals surface area (Å²) in [6, 6.07) is 2.06. The minimum atomic E-state index is -0.230. The zero-order valence-electron chi connectivity index (χ0n) is 12.1. The number of esters is 1. The number of hydrogen-bond donors (Lipinski definition) is 3. The fourth-order valence-corrected chi connectivity index (χ4v) is 2.83. The Morgan fingerprint density at radius 2 is 2.24 bits per heavy atom. The summed E-state index contributed by atoms with van der Waals surface area (Å²) in [5.74, 6) is 6.19. The summed E-state index contributed by atoms with van der Waals surface area (Å²) < 4.78 is 4.89. The van der Waals surface area contributed by atoms with Crippen LogP contribution >= 0.6 is 11.3 Å². The van der Waals surface area contributed by atoms with Crippen LogP contribution in [0.15, 0.2) is 6.07 Å². The van der Waals surface area contributed by atoms with Gasteiger partial charge in [0.1, 0.15) is 10.6 Å². The van der Waals surface area contributed by atoms with Crippen LogP contribution in [0.5, 0.6) is 0 Å². The van der Waals surface area contributed by atoms with Gasteiger partial charge in [-0.25, -0.2) is 10.8 Å². The third-order valence-electron chi connectivity index (χ3n) is 2.85. The molecule has 0 saturated carbocycles. The molecule has 0 spiro atoms. The van der Waals surface area contributed by atoms with E-state index in [4.69, 9.17) is 10.6 Å². The number of hydrogen-bond acceptors (Lipinski definition) is 8. The minimum absolute atomic E-state index is 0.230. The predicted octanol–water partition coefficient (Wildman–Crippen LogP) is 1.90. The monoisotopic (exact) mass is 309 g/mol. The maximum atomic E-state index is 11.3. The van der Waals surface area contributed by atoms with Crippen LogP contribution in [0.25, 0.3) is 10.2 Å². The third kappa shape index (κ3) is 3.79. The van der Waals surface area contributed by atoms with Gasteiger partial charge in [-0.1, -0.05) is 6.92 Å². The maximum absolute atomic E-state index is 11.3. The van der Waals surface area contributed by atoms with Gasteiger partial charge in [0.15, 0.2) is 0 Å². The van der Waals surface area contributed by atoms with Crippen molar-refractivity contribution >= 4 is 39.3 Å². The van der Waals surface area contributed by atoms with Crippen LogP contribution < -0.4 is 16.6 Å². The summed E-state index contributed by atoms with van der Waals surface area (Å²) in [6.45, 7) is 4.72. The zero-order valence-corrected chi connectivity index (χ0v) is 12.9. The van der Waals surface area contributed by atoms with Gasteiger partial charge in [-0.15, -0.1) is 11.3 Å². The highest BCUT2D eigenvalue weighted by Gasteiger charge is 2.11. The molecule has 7 nitrogen and oxygen atoms in total. The van der Waals surface area contributed by atoms with Gasteiger partial charge in [0.2, 0.25) is 5.95 Å². The van der Waals surface area contributed by atoms with Crippen molar-refractivity contribution in [1.82, 2.24) is 9.97 Å². The number of nitrogen functional groups attached to an aromatic ring is 1. The first-order chi connectivity index (χ1) is 10.2. The summed E-state index contributed by atoms with van der Waals surface area (Å²) in [7, 11) is 0. The molecule has 2 aromatic heterocycles. The Balaban J connectivity index is 2.16. The van der Waals surface area contributed by atoms with Gasteiger partial charge in [-0.3, -0.25) is 10.2 Å². The highest BCUT2D eigenvalue weighted by Crippen LogP contribution is 2.30. The molecule has 0 aromatic carbocycles. The third-order valence-corrected chi connectivity index (χ3v) is 4.02. The van der Waals surface area contributed by atoms with Crippen molar-refractivity contribution in [1.29, 1.82) is 0 Å². The Hall–Kier alpha value is -1.93. The summed E-state index contributed by atoms with van der Waals surface area (Å²) in [5.41, 5.74) is 2.46. The highest BCUT2D eigenvalue weighted by atomic mass is 32.1. The molecule has 0 amide bonds. The molecule has 0 atom stereocenters. The van der Waals surface area contributed by atoms with Gasteiger partial charge in [0.25, 0.3) is 0 Å². The molecule has 0 aliphatic rings. The smallest absolute Gasteiger partial charge is 0.307 e. The number of carbonyl (C=O) groups excluding carboxylic acids is 1. The number of ether oxygens (including phenoxy) is 1. The number of fused-ring (bicyclic) bond motifs is 1. The molecule has 4 N–H and O–H groups in total. The number of nitrogens with two attached hydrogens (primary N) is 1. The van der Waals surface area contributed by atoms with Crippen LogP contribution in [0, 0.1) is 0 Å². The molecule has 114 valence electrons. The summed E-state index contributed by atoms with van der Waals surface area (Å²) >= 11 is 1.61. The molecule has 2 rings (SSSR count). The van der Waals surface area contributed by atoms with Gasteiger partial charge in [-0.05, 0) is 19.4 Å². The largest absolute Gasteiger partial charge is 0.466 e. The summed E-state index contributed by atoms with van der Waals surface area (Å²) in [6.07, 6.45) is 1.23. The van der Waals surface area contributed by atoms with Crippen molar-refractivity contribution in [2.45, 2.75) is 26.7 Å². The van der Waals surface area contributed by atoms with Gasteiger partial charge in [0, 0.05) is 11.4 Å². The zero-order chi connectivity index (χ0) is 15.2. The lowest BCUT2D eigenvalue weighted by Crippen LogP contribution is -2.14. The first-order valence-corrected chi connectivity index (χ1v) is 7.66. The summed E-state index contributed by atoms with van der Waals surface area (Å²) in [5, 5.41) is 4.09. The van der Waals surface area contributed by atoms with Gasteiger partial charge in [-0.2, -0.15) is 4.98 Å². The number of anilines is 2. The van der Waals surface area contributed by atoms with Crippen LogP contribution in [-0.4, -0.2) is 29.1 Å². The Morgan fingerprint density at radius 1 is 1.43 bits per heavy atom. The van der Waals surface area contributed by atoms with Gasteiger partial charge >= 0.3 is 5.97 Å². The fraction of sp³-hybridized carbons (Fsp3) is 0.462. The molecule has 0 aliphatic heterocycles. The first kappa shape index (κ1) is 15.5. The number of hydrazine groups is 1. The number of thiophene rings is 1. The molecule has 0 saturated heterocycles. The molecule has 0 fully saturated rings. The second-order valence-corrected chi connectivity index (χ2v) is 5.42. The Bertz CT molecular complexity index is 628. The molecule has 2 heterocycles. The van der Waals surface area contributed by atoms with Crippen molar-refractivity contribution in [2.24, 2.45) is 5.84 Å². The van der Waals surface area contributed by atoms with E-state index in [0.29, 0.717) is 24.9 Å². The highest BCUT2D eigenvalue weighted by molar-refractivity contribution is 7.18. The Labute approximate surface area is 126 Å².